The topological polar surface area (TPSA) is 20.2 Å². The van der Waals surface area contributed by atoms with E-state index in [0.29, 0.717) is 22.4 Å². The number of rotatable bonds is 3. The van der Waals surface area contributed by atoms with Gasteiger partial charge in [0.25, 0.3) is 0 Å². The molecule has 0 aliphatic rings. The largest absolute Gasteiger partial charge is 0.507 e. The van der Waals surface area contributed by atoms with Crippen molar-refractivity contribution >= 4 is 8.07 Å². The summed E-state index contributed by atoms with van der Waals surface area (Å²) in [6, 6.07) is 5.63. The molecule has 20 heavy (non-hydrogen) atoms. The summed E-state index contributed by atoms with van der Waals surface area (Å²) in [5.41, 5.74) is 7.39. The van der Waals surface area contributed by atoms with E-state index in [0.717, 1.165) is 11.1 Å². The van der Waals surface area contributed by atoms with Crippen LogP contribution in [0.3, 0.4) is 0 Å². The van der Waals surface area contributed by atoms with Gasteiger partial charge in [0.1, 0.15) is 13.8 Å². The van der Waals surface area contributed by atoms with Crippen molar-refractivity contribution in [3.05, 3.63) is 29.3 Å². The van der Waals surface area contributed by atoms with E-state index < -0.39 is 8.07 Å². The summed E-state index contributed by atoms with van der Waals surface area (Å²) < 4.78 is 0. The summed E-state index contributed by atoms with van der Waals surface area (Å²) in [5, 5.41) is 9.96. The molecule has 0 atom stereocenters. The molecule has 1 aromatic rings. The Morgan fingerprint density at radius 1 is 0.950 bits per heavy atom. The van der Waals surface area contributed by atoms with Crippen LogP contribution in [-0.2, 0) is 0 Å². The van der Waals surface area contributed by atoms with E-state index in [1.807, 2.05) is 19.1 Å². The summed E-state index contributed by atoms with van der Waals surface area (Å²) in [5.74, 6) is 3.59. The molecule has 0 aromatic heterocycles. The van der Waals surface area contributed by atoms with Crippen LogP contribution in [0.1, 0.15) is 52.7 Å². The SMILES string of the molecule is Cc1ccc(O)c(C#C[Si](C(C)C)(C(C)C)C(C)C)c1. The Bertz CT molecular complexity index is 496. The third kappa shape index (κ3) is 3.27. The minimum Gasteiger partial charge on any atom is -0.507 e. The molecule has 110 valence electrons. The predicted molar refractivity (Wildman–Crippen MR) is 90.8 cm³/mol. The summed E-state index contributed by atoms with van der Waals surface area (Å²) in [6.45, 7) is 15.8. The van der Waals surface area contributed by atoms with E-state index in [1.54, 1.807) is 6.07 Å². The van der Waals surface area contributed by atoms with Crippen LogP contribution in [0.25, 0.3) is 0 Å². The third-order valence-corrected chi connectivity index (χ3v) is 10.7. The number of phenolic OH excluding ortho intramolecular Hbond substituents is 1. The smallest absolute Gasteiger partial charge is 0.146 e. The minimum absolute atomic E-state index is 0.294. The fraction of sp³-hybridized carbons (Fsp3) is 0.556. The number of hydrogen-bond acceptors (Lipinski definition) is 1. The number of phenols is 1. The average Bonchev–Trinajstić information content (AvgIpc) is 2.32. The number of hydrogen-bond donors (Lipinski definition) is 1. The second kappa shape index (κ2) is 6.50. The van der Waals surface area contributed by atoms with Gasteiger partial charge in [0.15, 0.2) is 0 Å². The number of aromatic hydroxyl groups is 1. The molecule has 2 heteroatoms. The van der Waals surface area contributed by atoms with E-state index in [2.05, 4.69) is 53.0 Å². The van der Waals surface area contributed by atoms with Crippen molar-refractivity contribution in [2.75, 3.05) is 0 Å². The first kappa shape index (κ1) is 16.9. The number of benzene rings is 1. The van der Waals surface area contributed by atoms with Gasteiger partial charge in [-0.05, 0) is 41.2 Å². The molecule has 0 aliphatic heterocycles. The van der Waals surface area contributed by atoms with Crippen LogP contribution >= 0.6 is 0 Å². The van der Waals surface area contributed by atoms with Crippen LogP contribution in [0.15, 0.2) is 18.2 Å². The van der Waals surface area contributed by atoms with Crippen LogP contribution in [-0.4, -0.2) is 13.2 Å². The fourth-order valence-corrected chi connectivity index (χ4v) is 8.58. The molecule has 1 nitrogen and oxygen atoms in total. The highest BCUT2D eigenvalue weighted by molar-refractivity contribution is 6.90. The lowest BCUT2D eigenvalue weighted by Crippen LogP contribution is -2.43. The van der Waals surface area contributed by atoms with Crippen LogP contribution in [0.5, 0.6) is 5.75 Å². The average molecular weight is 289 g/mol. The molecular weight excluding hydrogens is 260 g/mol. The summed E-state index contributed by atoms with van der Waals surface area (Å²) >= 11 is 0. The highest BCUT2D eigenvalue weighted by atomic mass is 28.3. The van der Waals surface area contributed by atoms with E-state index in [4.69, 9.17) is 0 Å². The lowest BCUT2D eigenvalue weighted by atomic mass is 10.1. The Morgan fingerprint density at radius 2 is 1.45 bits per heavy atom. The van der Waals surface area contributed by atoms with Crippen molar-refractivity contribution < 1.29 is 5.11 Å². The summed E-state index contributed by atoms with van der Waals surface area (Å²) in [6.07, 6.45) is 0. The first-order chi connectivity index (χ1) is 9.21. The molecule has 1 rings (SSSR count). The van der Waals surface area contributed by atoms with Crippen LogP contribution in [0, 0.1) is 18.4 Å². The Hall–Kier alpha value is -1.20. The minimum atomic E-state index is -1.72. The zero-order chi connectivity index (χ0) is 15.5. The second-order valence-electron chi connectivity index (χ2n) is 6.67. The van der Waals surface area contributed by atoms with Gasteiger partial charge in [-0.1, -0.05) is 53.5 Å². The van der Waals surface area contributed by atoms with Crippen LogP contribution < -0.4 is 0 Å². The third-order valence-electron chi connectivity index (χ3n) is 4.43. The molecule has 1 aromatic carbocycles. The molecule has 0 heterocycles. The van der Waals surface area contributed by atoms with Crippen molar-refractivity contribution in [1.29, 1.82) is 0 Å². The maximum absolute atomic E-state index is 9.96. The van der Waals surface area contributed by atoms with Crippen LogP contribution in [0.4, 0.5) is 0 Å². The molecule has 0 saturated heterocycles. The number of aryl methyl sites for hydroxylation is 1. The van der Waals surface area contributed by atoms with Gasteiger partial charge in [-0.2, -0.15) is 0 Å². The molecule has 0 fully saturated rings. The van der Waals surface area contributed by atoms with E-state index in [1.165, 1.54) is 0 Å². The molecule has 1 N–H and O–H groups in total. The zero-order valence-corrected chi connectivity index (χ0v) is 14.9. The molecule has 0 saturated carbocycles. The highest BCUT2D eigenvalue weighted by Gasteiger charge is 2.41. The molecule has 0 spiro atoms. The first-order valence-electron chi connectivity index (χ1n) is 7.54. The van der Waals surface area contributed by atoms with E-state index in [9.17, 15) is 5.11 Å². The summed E-state index contributed by atoms with van der Waals surface area (Å²) in [7, 11) is -1.72. The Morgan fingerprint density at radius 3 is 1.90 bits per heavy atom. The van der Waals surface area contributed by atoms with Crippen molar-refractivity contribution in [2.24, 2.45) is 0 Å². The van der Waals surface area contributed by atoms with E-state index in [-0.39, 0.29) is 0 Å². The summed E-state index contributed by atoms with van der Waals surface area (Å²) in [4.78, 5) is 0. The molecule has 0 amide bonds. The maximum Gasteiger partial charge on any atom is 0.146 e. The van der Waals surface area contributed by atoms with Gasteiger partial charge in [-0.3, -0.25) is 0 Å². The van der Waals surface area contributed by atoms with Crippen LogP contribution in [0.2, 0.25) is 16.6 Å². The normalized spacial score (nSPS) is 11.9. The molecule has 0 bridgehead atoms. The highest BCUT2D eigenvalue weighted by Crippen LogP contribution is 2.40. The molecular formula is C18H28OSi. The molecule has 0 radical (unpaired) electrons. The standard InChI is InChI=1S/C18H28OSi/c1-13(2)20(14(3)4,15(5)6)11-10-17-12-16(7)8-9-18(17)19/h8-9,12-15,19H,1-7H3. The zero-order valence-electron chi connectivity index (χ0n) is 13.9. The maximum atomic E-state index is 9.96. The lowest BCUT2D eigenvalue weighted by Gasteiger charge is -2.38. The van der Waals surface area contributed by atoms with Crippen molar-refractivity contribution in [1.82, 2.24) is 0 Å². The Labute approximate surface area is 125 Å². The Balaban J connectivity index is 3.34. The van der Waals surface area contributed by atoms with Gasteiger partial charge in [0, 0.05) is 0 Å². The van der Waals surface area contributed by atoms with Gasteiger partial charge in [-0.25, -0.2) is 0 Å². The predicted octanol–water partition coefficient (Wildman–Crippen LogP) is 5.27. The monoisotopic (exact) mass is 288 g/mol. The van der Waals surface area contributed by atoms with Gasteiger partial charge in [0.2, 0.25) is 0 Å². The van der Waals surface area contributed by atoms with Gasteiger partial charge < -0.3 is 5.11 Å². The van der Waals surface area contributed by atoms with Gasteiger partial charge in [-0.15, -0.1) is 5.54 Å². The van der Waals surface area contributed by atoms with Gasteiger partial charge in [0.05, 0.1) is 5.56 Å². The lowest BCUT2D eigenvalue weighted by molar-refractivity contribution is 0.473. The molecule has 0 aliphatic carbocycles. The van der Waals surface area contributed by atoms with Gasteiger partial charge >= 0.3 is 0 Å². The Kier molecular flexibility index (Phi) is 5.47. The fourth-order valence-electron chi connectivity index (χ4n) is 3.36. The second-order valence-corrected chi connectivity index (χ2v) is 12.2. The first-order valence-corrected chi connectivity index (χ1v) is 9.77. The van der Waals surface area contributed by atoms with E-state index >= 15 is 0 Å². The molecule has 0 unspecified atom stereocenters. The quantitative estimate of drug-likeness (QED) is 0.593. The van der Waals surface area contributed by atoms with Crippen molar-refractivity contribution in [2.45, 2.75) is 65.1 Å². The van der Waals surface area contributed by atoms with Crippen molar-refractivity contribution in [3.63, 3.8) is 0 Å². The van der Waals surface area contributed by atoms with Crippen molar-refractivity contribution in [3.8, 4) is 17.2 Å².